The molecule has 1 aromatic heterocycles. The highest BCUT2D eigenvalue weighted by molar-refractivity contribution is 5.01. The Kier molecular flexibility index (Phi) is 4.71. The topological polar surface area (TPSA) is 52.0 Å². The summed E-state index contributed by atoms with van der Waals surface area (Å²) in [6, 6.07) is 0.294. The first-order chi connectivity index (χ1) is 7.19. The molecule has 0 radical (unpaired) electrons. The number of methoxy groups -OCH3 is 1. The molecular formula is C10H20N4O. The minimum Gasteiger partial charge on any atom is -0.382 e. The minimum atomic E-state index is 0.294. The number of rotatable bonds is 6. The van der Waals surface area contributed by atoms with E-state index in [1.165, 1.54) is 0 Å². The molecule has 0 saturated carbocycles. The Morgan fingerprint density at radius 1 is 1.53 bits per heavy atom. The lowest BCUT2D eigenvalue weighted by molar-refractivity contribution is 0.106. The van der Waals surface area contributed by atoms with E-state index in [1.54, 1.807) is 18.0 Å². The average molecular weight is 212 g/mol. The molecule has 0 aliphatic heterocycles. The molecule has 86 valence electrons. The third-order valence-electron chi connectivity index (χ3n) is 2.72. The summed E-state index contributed by atoms with van der Waals surface area (Å²) in [5.74, 6) is 0. The number of aryl methyl sites for hydroxylation is 1. The highest BCUT2D eigenvalue weighted by Crippen LogP contribution is 2.17. The Labute approximate surface area is 90.8 Å². The summed E-state index contributed by atoms with van der Waals surface area (Å²) in [7, 11) is 5.60. The van der Waals surface area contributed by atoms with Crippen LogP contribution in [0, 0.1) is 0 Å². The highest BCUT2D eigenvalue weighted by Gasteiger charge is 2.14. The number of aromatic nitrogens is 3. The fraction of sp³-hybridized carbons (Fsp3) is 0.800. The molecule has 0 spiro atoms. The van der Waals surface area contributed by atoms with Crippen molar-refractivity contribution in [1.29, 1.82) is 0 Å². The van der Waals surface area contributed by atoms with E-state index in [2.05, 4.69) is 22.6 Å². The molecule has 15 heavy (non-hydrogen) atoms. The van der Waals surface area contributed by atoms with E-state index in [9.17, 15) is 0 Å². The molecule has 5 nitrogen and oxygen atoms in total. The zero-order valence-corrected chi connectivity index (χ0v) is 9.90. The predicted octanol–water partition coefficient (Wildman–Crippen LogP) is 0.891. The lowest BCUT2D eigenvalue weighted by atomic mass is 10.1. The van der Waals surface area contributed by atoms with Crippen molar-refractivity contribution < 1.29 is 4.74 Å². The van der Waals surface area contributed by atoms with Gasteiger partial charge in [0.15, 0.2) is 0 Å². The second-order valence-electron chi connectivity index (χ2n) is 3.75. The van der Waals surface area contributed by atoms with Crippen LogP contribution in [0.5, 0.6) is 0 Å². The third kappa shape index (κ3) is 3.28. The molecule has 1 heterocycles. The van der Waals surface area contributed by atoms with Gasteiger partial charge < -0.3 is 10.1 Å². The van der Waals surface area contributed by atoms with E-state index in [1.807, 2.05) is 14.1 Å². The van der Waals surface area contributed by atoms with E-state index in [-0.39, 0.29) is 0 Å². The van der Waals surface area contributed by atoms with Crippen molar-refractivity contribution in [2.75, 3.05) is 14.2 Å². The molecule has 1 N–H and O–H groups in total. The van der Waals surface area contributed by atoms with Gasteiger partial charge in [-0.3, -0.25) is 4.68 Å². The van der Waals surface area contributed by atoms with Crippen LogP contribution in [-0.4, -0.2) is 35.3 Å². The van der Waals surface area contributed by atoms with Gasteiger partial charge in [-0.2, -0.15) is 0 Å². The van der Waals surface area contributed by atoms with Crippen molar-refractivity contribution in [3.05, 3.63) is 11.9 Å². The Morgan fingerprint density at radius 3 is 2.73 bits per heavy atom. The van der Waals surface area contributed by atoms with E-state index in [0.717, 1.165) is 18.5 Å². The fourth-order valence-corrected chi connectivity index (χ4v) is 1.57. The standard InChI is InChI=1S/C10H20N4O/c1-8(15-4)5-6-9(11-2)10-7-12-13-14(10)3/h7-9,11H,5-6H2,1-4H3. The maximum atomic E-state index is 5.23. The fourth-order valence-electron chi connectivity index (χ4n) is 1.57. The molecule has 0 bridgehead atoms. The first kappa shape index (κ1) is 12.1. The van der Waals surface area contributed by atoms with Crippen LogP contribution in [0.25, 0.3) is 0 Å². The van der Waals surface area contributed by atoms with Crippen LogP contribution in [-0.2, 0) is 11.8 Å². The van der Waals surface area contributed by atoms with Crippen molar-refractivity contribution in [1.82, 2.24) is 20.3 Å². The second kappa shape index (κ2) is 5.82. The predicted molar refractivity (Wildman–Crippen MR) is 58.5 cm³/mol. The molecule has 2 atom stereocenters. The Bertz CT molecular complexity index is 287. The molecule has 1 rings (SSSR count). The lowest BCUT2D eigenvalue weighted by Gasteiger charge is -2.17. The summed E-state index contributed by atoms with van der Waals surface area (Å²) < 4.78 is 7.03. The summed E-state index contributed by atoms with van der Waals surface area (Å²) in [5.41, 5.74) is 1.11. The quantitative estimate of drug-likeness (QED) is 0.761. The lowest BCUT2D eigenvalue weighted by Crippen LogP contribution is -2.21. The van der Waals surface area contributed by atoms with Crippen LogP contribution in [0.15, 0.2) is 6.20 Å². The van der Waals surface area contributed by atoms with Gasteiger partial charge in [0, 0.05) is 14.2 Å². The van der Waals surface area contributed by atoms with Crippen LogP contribution >= 0.6 is 0 Å². The number of nitrogens with zero attached hydrogens (tertiary/aromatic N) is 3. The zero-order valence-electron chi connectivity index (χ0n) is 9.90. The number of ether oxygens (including phenoxy) is 1. The summed E-state index contributed by atoms with van der Waals surface area (Å²) in [4.78, 5) is 0. The van der Waals surface area contributed by atoms with Crippen LogP contribution < -0.4 is 5.32 Å². The minimum absolute atomic E-state index is 0.294. The molecule has 0 aliphatic carbocycles. The average Bonchev–Trinajstić information content (AvgIpc) is 2.65. The largest absolute Gasteiger partial charge is 0.382 e. The van der Waals surface area contributed by atoms with E-state index >= 15 is 0 Å². The van der Waals surface area contributed by atoms with Gasteiger partial charge in [0.05, 0.1) is 24.0 Å². The van der Waals surface area contributed by atoms with E-state index < -0.39 is 0 Å². The van der Waals surface area contributed by atoms with Gasteiger partial charge in [-0.25, -0.2) is 0 Å². The first-order valence-electron chi connectivity index (χ1n) is 5.23. The Morgan fingerprint density at radius 2 is 2.27 bits per heavy atom. The number of hydrogen-bond donors (Lipinski definition) is 1. The molecule has 0 fully saturated rings. The summed E-state index contributed by atoms with van der Waals surface area (Å²) in [6.07, 6.45) is 4.14. The normalized spacial score (nSPS) is 15.2. The van der Waals surface area contributed by atoms with Gasteiger partial charge in [-0.1, -0.05) is 5.21 Å². The van der Waals surface area contributed by atoms with Crippen molar-refractivity contribution in [3.63, 3.8) is 0 Å². The van der Waals surface area contributed by atoms with E-state index in [0.29, 0.717) is 12.1 Å². The van der Waals surface area contributed by atoms with Crippen molar-refractivity contribution in [2.24, 2.45) is 7.05 Å². The SMILES string of the molecule is CNC(CCC(C)OC)c1cnnn1C. The highest BCUT2D eigenvalue weighted by atomic mass is 16.5. The molecule has 2 unspecified atom stereocenters. The van der Waals surface area contributed by atoms with Crippen molar-refractivity contribution in [3.8, 4) is 0 Å². The first-order valence-corrected chi connectivity index (χ1v) is 5.23. The van der Waals surface area contributed by atoms with Crippen molar-refractivity contribution >= 4 is 0 Å². The number of hydrogen-bond acceptors (Lipinski definition) is 4. The summed E-state index contributed by atoms with van der Waals surface area (Å²) in [5, 5.41) is 11.1. The molecule has 1 aromatic rings. The Balaban J connectivity index is 2.53. The van der Waals surface area contributed by atoms with Gasteiger partial charge in [-0.05, 0) is 26.8 Å². The van der Waals surface area contributed by atoms with Gasteiger partial charge in [0.1, 0.15) is 0 Å². The molecule has 0 aliphatic rings. The van der Waals surface area contributed by atoms with E-state index in [4.69, 9.17) is 4.74 Å². The molecule has 5 heteroatoms. The smallest absolute Gasteiger partial charge is 0.0753 e. The number of nitrogens with one attached hydrogen (secondary N) is 1. The maximum Gasteiger partial charge on any atom is 0.0753 e. The van der Waals surface area contributed by atoms with Crippen LogP contribution in [0.3, 0.4) is 0 Å². The zero-order chi connectivity index (χ0) is 11.3. The van der Waals surface area contributed by atoms with Crippen molar-refractivity contribution in [2.45, 2.75) is 31.9 Å². The Hall–Kier alpha value is -0.940. The van der Waals surface area contributed by atoms with Crippen LogP contribution in [0.2, 0.25) is 0 Å². The molecule has 0 aromatic carbocycles. The van der Waals surface area contributed by atoms with Crippen LogP contribution in [0.4, 0.5) is 0 Å². The monoisotopic (exact) mass is 212 g/mol. The molecule has 0 amide bonds. The molecule has 0 saturated heterocycles. The van der Waals surface area contributed by atoms with Gasteiger partial charge in [0.25, 0.3) is 0 Å². The summed E-state index contributed by atoms with van der Waals surface area (Å²) in [6.45, 7) is 2.08. The van der Waals surface area contributed by atoms with Gasteiger partial charge in [0.2, 0.25) is 0 Å². The maximum absolute atomic E-state index is 5.23. The third-order valence-corrected chi connectivity index (χ3v) is 2.72. The molecular weight excluding hydrogens is 192 g/mol. The van der Waals surface area contributed by atoms with Gasteiger partial charge >= 0.3 is 0 Å². The van der Waals surface area contributed by atoms with Crippen LogP contribution in [0.1, 0.15) is 31.5 Å². The van der Waals surface area contributed by atoms with Gasteiger partial charge in [-0.15, -0.1) is 5.10 Å². The second-order valence-corrected chi connectivity index (χ2v) is 3.75. The summed E-state index contributed by atoms with van der Waals surface area (Å²) >= 11 is 0.